The smallest absolute Gasteiger partial charge is 0.364 e. The molecule has 28 heavy (non-hydrogen) atoms. The molecule has 3 aromatic rings. The Labute approximate surface area is 156 Å². The summed E-state index contributed by atoms with van der Waals surface area (Å²) < 4.78 is 42.0. The van der Waals surface area contributed by atoms with Gasteiger partial charge in [-0.15, -0.1) is 0 Å². The third-order valence-corrected chi connectivity index (χ3v) is 4.71. The van der Waals surface area contributed by atoms with Crippen LogP contribution in [0, 0.1) is 6.92 Å². The number of primary amides is 1. The molecule has 0 radical (unpaired) electrons. The SMILES string of the molecule is Cc1ccc2nc(Cn3nc(C4CC4)cc3C(F)(F)F)cc(=O)n2c1C(N)=O. The summed E-state index contributed by atoms with van der Waals surface area (Å²) in [6.07, 6.45) is -2.93. The number of pyridine rings is 1. The molecule has 2 N–H and O–H groups in total. The number of halogens is 3. The lowest BCUT2D eigenvalue weighted by Crippen LogP contribution is -2.26. The van der Waals surface area contributed by atoms with Crippen molar-refractivity contribution >= 4 is 11.6 Å². The van der Waals surface area contributed by atoms with Crippen molar-refractivity contribution in [2.24, 2.45) is 5.73 Å². The lowest BCUT2D eigenvalue weighted by molar-refractivity contribution is -0.144. The van der Waals surface area contributed by atoms with Crippen molar-refractivity contribution in [3.05, 3.63) is 63.0 Å². The number of aryl methyl sites for hydroxylation is 1. The second kappa shape index (κ2) is 6.18. The van der Waals surface area contributed by atoms with E-state index in [4.69, 9.17) is 5.73 Å². The van der Waals surface area contributed by atoms with Gasteiger partial charge in [0.25, 0.3) is 11.5 Å². The number of nitrogens with two attached hydrogens (primary N) is 1. The van der Waals surface area contributed by atoms with Crippen LogP contribution in [0.2, 0.25) is 0 Å². The molecule has 0 aliphatic heterocycles. The van der Waals surface area contributed by atoms with Gasteiger partial charge in [0.15, 0.2) is 0 Å². The quantitative estimate of drug-likeness (QED) is 0.738. The number of hydrogen-bond acceptors (Lipinski definition) is 4. The molecule has 0 spiro atoms. The fourth-order valence-corrected chi connectivity index (χ4v) is 3.24. The van der Waals surface area contributed by atoms with E-state index in [1.165, 1.54) is 6.07 Å². The minimum atomic E-state index is -4.57. The molecule has 4 rings (SSSR count). The van der Waals surface area contributed by atoms with E-state index >= 15 is 0 Å². The molecule has 7 nitrogen and oxygen atoms in total. The number of carbonyl (C=O) groups excluding carboxylic acids is 1. The van der Waals surface area contributed by atoms with E-state index in [0.29, 0.717) is 11.3 Å². The van der Waals surface area contributed by atoms with Crippen LogP contribution < -0.4 is 11.3 Å². The maximum atomic E-state index is 13.4. The summed E-state index contributed by atoms with van der Waals surface area (Å²) in [7, 11) is 0. The predicted octanol–water partition coefficient (Wildman–Crippen LogP) is 2.24. The highest BCUT2D eigenvalue weighted by Crippen LogP contribution is 2.41. The summed E-state index contributed by atoms with van der Waals surface area (Å²) in [6.45, 7) is 1.31. The molecule has 0 unspecified atom stereocenters. The first kappa shape index (κ1) is 18.2. The molecule has 1 amide bonds. The third-order valence-electron chi connectivity index (χ3n) is 4.71. The van der Waals surface area contributed by atoms with Crippen LogP contribution >= 0.6 is 0 Å². The fraction of sp³-hybridized carbons (Fsp3) is 0.333. The Morgan fingerprint density at radius 3 is 2.61 bits per heavy atom. The Hall–Kier alpha value is -3.17. The average molecular weight is 391 g/mol. The van der Waals surface area contributed by atoms with E-state index in [1.807, 2.05) is 0 Å². The first-order chi connectivity index (χ1) is 13.1. The molecule has 10 heteroatoms. The van der Waals surface area contributed by atoms with Crippen LogP contribution in [-0.2, 0) is 12.7 Å². The lowest BCUT2D eigenvalue weighted by Gasteiger charge is -2.12. The van der Waals surface area contributed by atoms with E-state index in [0.717, 1.165) is 34.1 Å². The topological polar surface area (TPSA) is 95.3 Å². The van der Waals surface area contributed by atoms with E-state index < -0.39 is 23.3 Å². The fourth-order valence-electron chi connectivity index (χ4n) is 3.24. The van der Waals surface area contributed by atoms with Gasteiger partial charge >= 0.3 is 6.18 Å². The number of alkyl halides is 3. The van der Waals surface area contributed by atoms with Gasteiger partial charge in [-0.25, -0.2) is 4.98 Å². The van der Waals surface area contributed by atoms with E-state index in [2.05, 4.69) is 10.1 Å². The molecule has 0 bridgehead atoms. The molecular formula is C18H16F3N5O2. The molecular weight excluding hydrogens is 375 g/mol. The highest BCUT2D eigenvalue weighted by Gasteiger charge is 2.38. The number of fused-ring (bicyclic) bond motifs is 1. The van der Waals surface area contributed by atoms with Crippen molar-refractivity contribution in [1.29, 1.82) is 0 Å². The monoisotopic (exact) mass is 391 g/mol. The lowest BCUT2D eigenvalue weighted by atomic mass is 10.2. The summed E-state index contributed by atoms with van der Waals surface area (Å²) in [5, 5.41) is 4.08. The zero-order valence-electron chi connectivity index (χ0n) is 14.8. The van der Waals surface area contributed by atoms with Gasteiger partial charge in [0, 0.05) is 12.0 Å². The number of rotatable bonds is 4. The number of hydrogen-bond donors (Lipinski definition) is 1. The average Bonchev–Trinajstić information content (AvgIpc) is 3.35. The summed E-state index contributed by atoms with van der Waals surface area (Å²) in [5.41, 5.74) is 5.01. The highest BCUT2D eigenvalue weighted by atomic mass is 19.4. The molecule has 3 heterocycles. The molecule has 0 saturated heterocycles. The van der Waals surface area contributed by atoms with Crippen molar-refractivity contribution in [3.63, 3.8) is 0 Å². The van der Waals surface area contributed by atoms with Crippen LogP contribution in [0.3, 0.4) is 0 Å². The molecule has 1 fully saturated rings. The molecule has 1 saturated carbocycles. The summed E-state index contributed by atoms with van der Waals surface area (Å²) in [6, 6.07) is 5.24. The molecule has 3 aromatic heterocycles. The van der Waals surface area contributed by atoms with Crippen LogP contribution in [0.25, 0.3) is 5.65 Å². The maximum Gasteiger partial charge on any atom is 0.433 e. The van der Waals surface area contributed by atoms with Gasteiger partial charge in [-0.05, 0) is 37.5 Å². The van der Waals surface area contributed by atoms with Crippen molar-refractivity contribution in [1.82, 2.24) is 19.2 Å². The van der Waals surface area contributed by atoms with Crippen LogP contribution in [0.4, 0.5) is 13.2 Å². The zero-order chi connectivity index (χ0) is 20.2. The van der Waals surface area contributed by atoms with Gasteiger partial charge in [0.05, 0.1) is 17.9 Å². The molecule has 1 aliphatic carbocycles. The number of carbonyl (C=O) groups is 1. The normalized spacial score (nSPS) is 14.6. The van der Waals surface area contributed by atoms with Gasteiger partial charge in [0.2, 0.25) is 0 Å². The maximum absolute atomic E-state index is 13.4. The summed E-state index contributed by atoms with van der Waals surface area (Å²) in [4.78, 5) is 28.5. The predicted molar refractivity (Wildman–Crippen MR) is 93.0 cm³/mol. The van der Waals surface area contributed by atoms with Gasteiger partial charge in [-0.3, -0.25) is 18.7 Å². The Morgan fingerprint density at radius 1 is 1.29 bits per heavy atom. The Balaban J connectivity index is 1.80. The molecule has 1 aliphatic rings. The number of aromatic nitrogens is 4. The van der Waals surface area contributed by atoms with Crippen LogP contribution in [0.1, 0.15) is 51.9 Å². The molecule has 146 valence electrons. The van der Waals surface area contributed by atoms with Crippen molar-refractivity contribution in [3.8, 4) is 0 Å². The second-order valence-corrected chi connectivity index (χ2v) is 6.89. The minimum absolute atomic E-state index is 0.00682. The summed E-state index contributed by atoms with van der Waals surface area (Å²) >= 11 is 0. The van der Waals surface area contributed by atoms with Gasteiger partial charge in [0.1, 0.15) is 17.0 Å². The van der Waals surface area contributed by atoms with Crippen molar-refractivity contribution in [2.75, 3.05) is 0 Å². The number of amides is 1. The first-order valence-corrected chi connectivity index (χ1v) is 8.62. The first-order valence-electron chi connectivity index (χ1n) is 8.62. The zero-order valence-corrected chi connectivity index (χ0v) is 14.8. The Kier molecular flexibility index (Phi) is 4.02. The van der Waals surface area contributed by atoms with Crippen LogP contribution in [0.15, 0.2) is 29.1 Å². The molecule has 0 atom stereocenters. The van der Waals surface area contributed by atoms with Gasteiger partial charge in [-0.2, -0.15) is 18.3 Å². The largest absolute Gasteiger partial charge is 0.433 e. The van der Waals surface area contributed by atoms with Gasteiger partial charge < -0.3 is 5.73 Å². The van der Waals surface area contributed by atoms with Crippen LogP contribution in [-0.4, -0.2) is 25.1 Å². The minimum Gasteiger partial charge on any atom is -0.364 e. The number of nitrogens with zero attached hydrogens (tertiary/aromatic N) is 4. The van der Waals surface area contributed by atoms with E-state index in [9.17, 15) is 22.8 Å². The van der Waals surface area contributed by atoms with Crippen molar-refractivity contribution in [2.45, 2.75) is 38.4 Å². The second-order valence-electron chi connectivity index (χ2n) is 6.89. The van der Waals surface area contributed by atoms with Crippen molar-refractivity contribution < 1.29 is 18.0 Å². The van der Waals surface area contributed by atoms with Gasteiger partial charge in [-0.1, -0.05) is 6.07 Å². The Morgan fingerprint density at radius 2 is 2.00 bits per heavy atom. The standard InChI is InChI=1S/C18H16F3N5O2/c1-9-2-5-14-23-11(6-15(27)26(14)16(9)17(22)28)8-25-13(18(19,20)21)7-12(24-25)10-3-4-10/h2,5-7,10H,3-4,8H2,1H3,(H2,22,28). The Bertz CT molecular complexity index is 1160. The van der Waals surface area contributed by atoms with E-state index in [1.54, 1.807) is 13.0 Å². The molecule has 0 aromatic carbocycles. The van der Waals surface area contributed by atoms with E-state index in [-0.39, 0.29) is 29.5 Å². The highest BCUT2D eigenvalue weighted by molar-refractivity contribution is 5.93. The van der Waals surface area contributed by atoms with Crippen LogP contribution in [0.5, 0.6) is 0 Å². The summed E-state index contributed by atoms with van der Waals surface area (Å²) in [5.74, 6) is -0.737. The third kappa shape index (κ3) is 3.14.